The van der Waals surface area contributed by atoms with Gasteiger partial charge in [-0.05, 0) is 38.3 Å². The highest BCUT2D eigenvalue weighted by molar-refractivity contribution is 7.15. The van der Waals surface area contributed by atoms with E-state index >= 15 is 0 Å². The molecule has 2 aromatic heterocycles. The molecule has 10 heteroatoms. The molecule has 1 atom stereocenters. The normalized spacial score (nSPS) is 19.5. The number of aromatic nitrogens is 3. The van der Waals surface area contributed by atoms with Crippen LogP contribution in [-0.2, 0) is 15.0 Å². The summed E-state index contributed by atoms with van der Waals surface area (Å²) in [5, 5.41) is 15.3. The van der Waals surface area contributed by atoms with Crippen LogP contribution >= 0.6 is 11.3 Å². The topological polar surface area (TPSA) is 117 Å². The van der Waals surface area contributed by atoms with E-state index < -0.39 is 6.04 Å². The van der Waals surface area contributed by atoms with Gasteiger partial charge in [-0.3, -0.25) is 24.7 Å². The molecular formula is C23H30N6O3S. The highest BCUT2D eigenvalue weighted by Gasteiger charge is 2.34. The number of nitrogens with one attached hydrogen (secondary N) is 2. The van der Waals surface area contributed by atoms with Crippen molar-refractivity contribution in [2.75, 3.05) is 18.4 Å². The van der Waals surface area contributed by atoms with Gasteiger partial charge >= 0.3 is 0 Å². The fraction of sp³-hybridized carbons (Fsp3) is 0.565. The van der Waals surface area contributed by atoms with E-state index in [1.165, 1.54) is 11.3 Å². The lowest BCUT2D eigenvalue weighted by Gasteiger charge is -2.33. The summed E-state index contributed by atoms with van der Waals surface area (Å²) < 4.78 is 0. The number of pyridine rings is 1. The molecule has 2 aliphatic rings. The van der Waals surface area contributed by atoms with E-state index in [1.54, 1.807) is 0 Å². The summed E-state index contributed by atoms with van der Waals surface area (Å²) >= 11 is 1.37. The molecule has 4 rings (SSSR count). The molecular weight excluding hydrogens is 440 g/mol. The summed E-state index contributed by atoms with van der Waals surface area (Å²) in [5.41, 5.74) is 2.00. The Kier molecular flexibility index (Phi) is 6.47. The molecule has 0 bridgehead atoms. The first-order valence-corrected chi connectivity index (χ1v) is 12.1. The van der Waals surface area contributed by atoms with Crippen molar-refractivity contribution >= 4 is 34.2 Å². The number of anilines is 1. The molecule has 176 valence electrons. The molecule has 0 saturated carbocycles. The summed E-state index contributed by atoms with van der Waals surface area (Å²) in [4.78, 5) is 43.8. The maximum absolute atomic E-state index is 13.1. The third kappa shape index (κ3) is 5.21. The predicted molar refractivity (Wildman–Crippen MR) is 125 cm³/mol. The Morgan fingerprint density at radius 1 is 1.15 bits per heavy atom. The molecule has 2 N–H and O–H groups in total. The molecule has 0 aliphatic carbocycles. The number of carbonyl (C=O) groups excluding carboxylic acids is 3. The van der Waals surface area contributed by atoms with Crippen LogP contribution in [0.1, 0.15) is 79.1 Å². The van der Waals surface area contributed by atoms with Gasteiger partial charge in [0.05, 0.1) is 11.3 Å². The Balaban J connectivity index is 1.45. The molecule has 0 unspecified atom stereocenters. The Morgan fingerprint density at radius 3 is 2.48 bits per heavy atom. The molecule has 2 aliphatic heterocycles. The highest BCUT2D eigenvalue weighted by atomic mass is 32.1. The van der Waals surface area contributed by atoms with Crippen LogP contribution in [-0.4, -0.2) is 56.9 Å². The van der Waals surface area contributed by atoms with Crippen LogP contribution in [0.25, 0.3) is 0 Å². The lowest BCUT2D eigenvalue weighted by molar-refractivity contribution is -0.135. The van der Waals surface area contributed by atoms with E-state index in [0.717, 1.165) is 29.2 Å². The molecule has 3 amide bonds. The first kappa shape index (κ1) is 23.3. The molecule has 0 radical (unpaired) electrons. The predicted octanol–water partition coefficient (Wildman–Crippen LogP) is 2.78. The smallest absolute Gasteiger partial charge is 0.259 e. The Labute approximate surface area is 197 Å². The van der Waals surface area contributed by atoms with E-state index in [0.29, 0.717) is 36.6 Å². The van der Waals surface area contributed by atoms with E-state index in [9.17, 15) is 14.4 Å². The van der Waals surface area contributed by atoms with Crippen molar-refractivity contribution in [3.05, 3.63) is 34.1 Å². The van der Waals surface area contributed by atoms with Gasteiger partial charge in [0, 0.05) is 36.5 Å². The van der Waals surface area contributed by atoms with Crippen molar-refractivity contribution in [2.24, 2.45) is 0 Å². The zero-order chi connectivity index (χ0) is 23.8. The number of likely N-dealkylation sites (tertiary alicyclic amines) is 1. The van der Waals surface area contributed by atoms with Crippen LogP contribution in [0.3, 0.4) is 0 Å². The molecule has 2 fully saturated rings. The number of aryl methyl sites for hydroxylation is 1. The number of rotatable bonds is 4. The number of hydrogen-bond acceptors (Lipinski definition) is 7. The number of nitrogens with zero attached hydrogens (tertiary/aromatic N) is 4. The minimum Gasteiger partial charge on any atom is -0.344 e. The van der Waals surface area contributed by atoms with Gasteiger partial charge in [-0.2, -0.15) is 0 Å². The zero-order valence-corrected chi connectivity index (χ0v) is 20.3. The second kappa shape index (κ2) is 9.17. The van der Waals surface area contributed by atoms with Gasteiger partial charge in [0.2, 0.25) is 16.9 Å². The van der Waals surface area contributed by atoms with Crippen molar-refractivity contribution in [2.45, 2.75) is 70.8 Å². The average molecular weight is 471 g/mol. The van der Waals surface area contributed by atoms with Crippen molar-refractivity contribution in [1.82, 2.24) is 25.4 Å². The summed E-state index contributed by atoms with van der Waals surface area (Å²) in [6.07, 6.45) is 2.40. The number of amides is 3. The van der Waals surface area contributed by atoms with E-state index in [2.05, 4.69) is 41.6 Å². The fourth-order valence-electron chi connectivity index (χ4n) is 4.21. The van der Waals surface area contributed by atoms with Gasteiger partial charge in [0.25, 0.3) is 5.91 Å². The van der Waals surface area contributed by atoms with E-state index in [1.807, 2.05) is 24.0 Å². The summed E-state index contributed by atoms with van der Waals surface area (Å²) in [6, 6.07) is 3.24. The molecule has 33 heavy (non-hydrogen) atoms. The molecule has 0 aromatic carbocycles. The second-order valence-electron chi connectivity index (χ2n) is 9.76. The second-order valence-corrected chi connectivity index (χ2v) is 10.7. The molecule has 0 spiro atoms. The largest absolute Gasteiger partial charge is 0.344 e. The van der Waals surface area contributed by atoms with Crippen molar-refractivity contribution < 1.29 is 14.4 Å². The van der Waals surface area contributed by atoms with Crippen LogP contribution in [0, 0.1) is 6.92 Å². The molecule has 4 heterocycles. The Bertz CT molecular complexity index is 1070. The maximum atomic E-state index is 13.1. The first-order valence-electron chi connectivity index (χ1n) is 11.3. The number of carbonyl (C=O) groups is 3. The standard InChI is InChI=1S/C23H30N6O3S/c1-13-5-6-15(19(31)26-22-28-27-21(33-22)23(2,3)4)18(24-13)14-9-11-29(12-10-14)20(32)16-7-8-17(30)25-16/h5-6,14,16H,7-12H2,1-4H3,(H,25,30)(H,26,28,31)/t16-/m0/s1. The van der Waals surface area contributed by atoms with Crippen molar-refractivity contribution in [3.63, 3.8) is 0 Å². The lowest BCUT2D eigenvalue weighted by Crippen LogP contribution is -2.47. The maximum Gasteiger partial charge on any atom is 0.259 e. The van der Waals surface area contributed by atoms with Gasteiger partial charge in [0.1, 0.15) is 11.0 Å². The summed E-state index contributed by atoms with van der Waals surface area (Å²) in [6.45, 7) is 9.24. The van der Waals surface area contributed by atoms with Gasteiger partial charge in [-0.1, -0.05) is 32.1 Å². The first-order chi connectivity index (χ1) is 15.6. The summed E-state index contributed by atoms with van der Waals surface area (Å²) in [5.74, 6) is -0.248. The lowest BCUT2D eigenvalue weighted by atomic mass is 9.89. The van der Waals surface area contributed by atoms with Gasteiger partial charge < -0.3 is 10.2 Å². The molecule has 2 saturated heterocycles. The summed E-state index contributed by atoms with van der Waals surface area (Å²) in [7, 11) is 0. The van der Waals surface area contributed by atoms with Crippen LogP contribution in [0.5, 0.6) is 0 Å². The van der Waals surface area contributed by atoms with Crippen LogP contribution in [0.2, 0.25) is 0 Å². The van der Waals surface area contributed by atoms with E-state index in [4.69, 9.17) is 4.98 Å². The SMILES string of the molecule is Cc1ccc(C(=O)Nc2nnc(C(C)(C)C)s2)c(C2CCN(C(=O)[C@@H]3CCC(=O)N3)CC2)n1. The van der Waals surface area contributed by atoms with Crippen LogP contribution in [0.4, 0.5) is 5.13 Å². The van der Waals surface area contributed by atoms with Crippen molar-refractivity contribution in [1.29, 1.82) is 0 Å². The minimum absolute atomic E-state index is 0.0135. The average Bonchev–Trinajstić information content (AvgIpc) is 3.42. The van der Waals surface area contributed by atoms with Crippen molar-refractivity contribution in [3.8, 4) is 0 Å². The van der Waals surface area contributed by atoms with Crippen LogP contribution in [0.15, 0.2) is 12.1 Å². The minimum atomic E-state index is -0.405. The Morgan fingerprint density at radius 2 is 1.88 bits per heavy atom. The Hall–Kier alpha value is -2.88. The number of hydrogen-bond donors (Lipinski definition) is 2. The van der Waals surface area contributed by atoms with E-state index in [-0.39, 0.29) is 29.1 Å². The van der Waals surface area contributed by atoms with Gasteiger partial charge in [-0.25, -0.2) is 0 Å². The third-order valence-corrected chi connectivity index (χ3v) is 7.35. The number of piperidine rings is 1. The monoisotopic (exact) mass is 470 g/mol. The van der Waals surface area contributed by atoms with Crippen LogP contribution < -0.4 is 10.6 Å². The zero-order valence-electron chi connectivity index (χ0n) is 19.5. The van der Waals surface area contributed by atoms with Gasteiger partial charge in [0.15, 0.2) is 0 Å². The highest BCUT2D eigenvalue weighted by Crippen LogP contribution is 2.32. The third-order valence-electron chi connectivity index (χ3n) is 6.08. The quantitative estimate of drug-likeness (QED) is 0.710. The molecule has 9 nitrogen and oxygen atoms in total. The van der Waals surface area contributed by atoms with Gasteiger partial charge in [-0.15, -0.1) is 10.2 Å². The molecule has 2 aromatic rings. The fourth-order valence-corrected chi connectivity index (χ4v) is 5.01.